The van der Waals surface area contributed by atoms with Crippen LogP contribution in [-0.2, 0) is 17.5 Å². The first kappa shape index (κ1) is 21.9. The average molecular weight is 445 g/mol. The monoisotopic (exact) mass is 445 g/mol. The van der Waals surface area contributed by atoms with E-state index in [9.17, 15) is 18.0 Å². The highest BCUT2D eigenvalue weighted by Crippen LogP contribution is 2.32. The number of aromatic nitrogens is 2. The Labute approximate surface area is 183 Å². The Morgan fingerprint density at radius 3 is 2.50 bits per heavy atom. The second kappa shape index (κ2) is 9.02. The third-order valence-corrected chi connectivity index (χ3v) is 5.25. The highest BCUT2D eigenvalue weighted by molar-refractivity contribution is 5.79. The predicted molar refractivity (Wildman–Crippen MR) is 110 cm³/mol. The molecule has 3 aromatic rings. The van der Waals surface area contributed by atoms with Crippen LogP contribution in [0.2, 0.25) is 0 Å². The summed E-state index contributed by atoms with van der Waals surface area (Å²) < 4.78 is 49.0. The minimum Gasteiger partial charge on any atom is -0.494 e. The van der Waals surface area contributed by atoms with Crippen molar-refractivity contribution in [3.63, 3.8) is 0 Å². The highest BCUT2D eigenvalue weighted by atomic mass is 19.4. The molecule has 0 bridgehead atoms. The summed E-state index contributed by atoms with van der Waals surface area (Å²) in [5.74, 6) is 1.05. The molecule has 1 atom stereocenters. The molecular weight excluding hydrogens is 423 g/mol. The Balaban J connectivity index is 1.39. The van der Waals surface area contributed by atoms with Crippen LogP contribution in [0.3, 0.4) is 0 Å². The molecule has 1 fully saturated rings. The van der Waals surface area contributed by atoms with Crippen LogP contribution in [0, 0.1) is 0 Å². The Bertz CT molecular complexity index is 1060. The Hall–Kier alpha value is -3.36. The minimum absolute atomic E-state index is 0.0119. The molecule has 2 heterocycles. The molecule has 1 aromatic heterocycles. The molecule has 0 spiro atoms. The van der Waals surface area contributed by atoms with Gasteiger partial charge >= 0.3 is 6.18 Å². The SMILES string of the molecule is CCCOc1ccc(CN2CC(c3noc(-c4ccc(C(F)(F)F)cc4)n3)CC2=O)cc1. The number of ether oxygens (including phenoxy) is 1. The molecule has 2 aromatic carbocycles. The number of hydrogen-bond acceptors (Lipinski definition) is 5. The lowest BCUT2D eigenvalue weighted by molar-refractivity contribution is -0.137. The van der Waals surface area contributed by atoms with Crippen LogP contribution in [0.1, 0.15) is 42.6 Å². The first-order valence-electron chi connectivity index (χ1n) is 10.3. The van der Waals surface area contributed by atoms with Gasteiger partial charge in [0.2, 0.25) is 5.91 Å². The van der Waals surface area contributed by atoms with E-state index in [1.54, 1.807) is 4.90 Å². The average Bonchev–Trinajstić information content (AvgIpc) is 3.40. The predicted octanol–water partition coefficient (Wildman–Crippen LogP) is 5.06. The number of halogens is 3. The van der Waals surface area contributed by atoms with Gasteiger partial charge in [0.1, 0.15) is 5.75 Å². The summed E-state index contributed by atoms with van der Waals surface area (Å²) in [6.07, 6.45) is -3.22. The molecule has 1 unspecified atom stereocenters. The normalized spacial score (nSPS) is 16.6. The first-order valence-corrected chi connectivity index (χ1v) is 10.3. The van der Waals surface area contributed by atoms with Crippen LogP contribution in [0.25, 0.3) is 11.5 Å². The molecule has 0 aliphatic carbocycles. The van der Waals surface area contributed by atoms with Crippen molar-refractivity contribution in [1.29, 1.82) is 0 Å². The third kappa shape index (κ3) is 4.92. The van der Waals surface area contributed by atoms with Crippen LogP contribution in [0.5, 0.6) is 5.75 Å². The fourth-order valence-corrected chi connectivity index (χ4v) is 3.55. The smallest absolute Gasteiger partial charge is 0.416 e. The van der Waals surface area contributed by atoms with Crippen molar-refractivity contribution in [3.05, 3.63) is 65.5 Å². The number of likely N-dealkylation sites (tertiary alicyclic amines) is 1. The zero-order valence-corrected chi connectivity index (χ0v) is 17.4. The van der Waals surface area contributed by atoms with Crippen molar-refractivity contribution in [2.45, 2.75) is 38.4 Å². The van der Waals surface area contributed by atoms with Crippen molar-refractivity contribution >= 4 is 5.91 Å². The van der Waals surface area contributed by atoms with Gasteiger partial charge in [0, 0.05) is 31.0 Å². The van der Waals surface area contributed by atoms with Gasteiger partial charge in [-0.3, -0.25) is 4.79 Å². The van der Waals surface area contributed by atoms with Gasteiger partial charge in [0.05, 0.1) is 12.2 Å². The fourth-order valence-electron chi connectivity index (χ4n) is 3.55. The number of carbonyl (C=O) groups excluding carboxylic acids is 1. The third-order valence-electron chi connectivity index (χ3n) is 5.25. The summed E-state index contributed by atoms with van der Waals surface area (Å²) in [7, 11) is 0. The molecule has 0 N–H and O–H groups in total. The molecule has 1 aliphatic heterocycles. The van der Waals surface area contributed by atoms with Crippen LogP contribution < -0.4 is 4.74 Å². The fraction of sp³-hybridized carbons (Fsp3) is 0.348. The maximum atomic E-state index is 12.7. The van der Waals surface area contributed by atoms with Crippen LogP contribution in [-0.4, -0.2) is 34.1 Å². The van der Waals surface area contributed by atoms with Gasteiger partial charge in [0.15, 0.2) is 5.82 Å². The maximum absolute atomic E-state index is 12.7. The van der Waals surface area contributed by atoms with Crippen molar-refractivity contribution in [3.8, 4) is 17.2 Å². The van der Waals surface area contributed by atoms with Crippen molar-refractivity contribution in [2.75, 3.05) is 13.2 Å². The maximum Gasteiger partial charge on any atom is 0.416 e. The summed E-state index contributed by atoms with van der Waals surface area (Å²) in [5, 5.41) is 3.96. The first-order chi connectivity index (χ1) is 15.3. The number of amides is 1. The summed E-state index contributed by atoms with van der Waals surface area (Å²) in [4.78, 5) is 18.5. The van der Waals surface area contributed by atoms with Gasteiger partial charge in [-0.2, -0.15) is 18.2 Å². The molecule has 1 amide bonds. The van der Waals surface area contributed by atoms with Gasteiger partial charge in [-0.05, 0) is 48.4 Å². The van der Waals surface area contributed by atoms with E-state index < -0.39 is 11.7 Å². The lowest BCUT2D eigenvalue weighted by Gasteiger charge is -2.16. The topological polar surface area (TPSA) is 68.5 Å². The summed E-state index contributed by atoms with van der Waals surface area (Å²) in [6.45, 7) is 3.61. The number of nitrogens with zero attached hydrogens (tertiary/aromatic N) is 3. The molecule has 0 saturated carbocycles. The largest absolute Gasteiger partial charge is 0.494 e. The standard InChI is InChI=1S/C23H22F3N3O3/c1-2-11-31-19-9-3-15(4-10-19)13-29-14-17(12-20(29)30)21-27-22(32-28-21)16-5-7-18(8-6-16)23(24,25)26/h3-10,17H,2,11-14H2,1H3. The molecule has 6 nitrogen and oxygen atoms in total. The van der Waals surface area contributed by atoms with Crippen LogP contribution in [0.4, 0.5) is 13.2 Å². The number of alkyl halides is 3. The molecule has 1 saturated heterocycles. The molecule has 4 rings (SSSR count). The van der Waals surface area contributed by atoms with Gasteiger partial charge in [-0.15, -0.1) is 0 Å². The van der Waals surface area contributed by atoms with Gasteiger partial charge in [-0.1, -0.05) is 24.2 Å². The van der Waals surface area contributed by atoms with Gasteiger partial charge < -0.3 is 14.2 Å². The van der Waals surface area contributed by atoms with Crippen molar-refractivity contribution in [1.82, 2.24) is 15.0 Å². The molecule has 168 valence electrons. The second-order valence-corrected chi connectivity index (χ2v) is 7.70. The molecule has 9 heteroatoms. The lowest BCUT2D eigenvalue weighted by Crippen LogP contribution is -2.24. The molecular formula is C23H22F3N3O3. The number of carbonyl (C=O) groups is 1. The molecule has 32 heavy (non-hydrogen) atoms. The van der Waals surface area contributed by atoms with E-state index in [2.05, 4.69) is 10.1 Å². The van der Waals surface area contributed by atoms with E-state index >= 15 is 0 Å². The van der Waals surface area contributed by atoms with Crippen LogP contribution in [0.15, 0.2) is 53.1 Å². The summed E-state index contributed by atoms with van der Waals surface area (Å²) in [5.41, 5.74) is 0.632. The molecule has 0 radical (unpaired) electrons. The van der Waals surface area contributed by atoms with E-state index in [1.807, 2.05) is 31.2 Å². The van der Waals surface area contributed by atoms with Crippen molar-refractivity contribution < 1.29 is 27.2 Å². The van der Waals surface area contributed by atoms with E-state index in [4.69, 9.17) is 9.26 Å². The molecule has 1 aliphatic rings. The quantitative estimate of drug-likeness (QED) is 0.509. The highest BCUT2D eigenvalue weighted by Gasteiger charge is 2.34. The second-order valence-electron chi connectivity index (χ2n) is 7.70. The Morgan fingerprint density at radius 1 is 1.12 bits per heavy atom. The lowest BCUT2D eigenvalue weighted by atomic mass is 10.1. The van der Waals surface area contributed by atoms with E-state index in [0.29, 0.717) is 31.1 Å². The summed E-state index contributed by atoms with van der Waals surface area (Å²) in [6, 6.07) is 12.2. The number of rotatable bonds is 7. The van der Waals surface area contributed by atoms with Crippen LogP contribution >= 0.6 is 0 Å². The number of benzene rings is 2. The number of hydrogen-bond donors (Lipinski definition) is 0. The van der Waals surface area contributed by atoms with Gasteiger partial charge in [0.25, 0.3) is 5.89 Å². The van der Waals surface area contributed by atoms with Gasteiger partial charge in [-0.25, -0.2) is 0 Å². The summed E-state index contributed by atoms with van der Waals surface area (Å²) >= 11 is 0. The van der Waals surface area contributed by atoms with E-state index in [0.717, 1.165) is 29.9 Å². The van der Waals surface area contributed by atoms with Crippen molar-refractivity contribution in [2.24, 2.45) is 0 Å². The zero-order chi connectivity index (χ0) is 22.7. The van der Waals surface area contributed by atoms with E-state index in [1.165, 1.54) is 12.1 Å². The van der Waals surface area contributed by atoms with E-state index in [-0.39, 0.29) is 24.1 Å². The Kier molecular flexibility index (Phi) is 6.16. The zero-order valence-electron chi connectivity index (χ0n) is 17.4. The minimum atomic E-state index is -4.41. The Morgan fingerprint density at radius 2 is 1.84 bits per heavy atom.